The van der Waals surface area contributed by atoms with Crippen molar-refractivity contribution in [1.82, 2.24) is 9.47 Å². The monoisotopic (exact) mass is 318 g/mol. The zero-order valence-corrected chi connectivity index (χ0v) is 13.8. The number of fused-ring (bicyclic) bond motifs is 1. The molecule has 0 radical (unpaired) electrons. The second kappa shape index (κ2) is 6.52. The lowest BCUT2D eigenvalue weighted by atomic mass is 9.90. The maximum atomic E-state index is 12.8. The lowest BCUT2D eigenvalue weighted by molar-refractivity contribution is 0.172. The van der Waals surface area contributed by atoms with Gasteiger partial charge in [-0.05, 0) is 42.9 Å². The third kappa shape index (κ3) is 2.94. The molecule has 0 aliphatic carbocycles. The molecule has 122 valence electrons. The smallest absolute Gasteiger partial charge is 0.324 e. The number of hydrogen-bond donors (Lipinski definition) is 0. The first kappa shape index (κ1) is 15.0. The van der Waals surface area contributed by atoms with Crippen molar-refractivity contribution in [3.63, 3.8) is 0 Å². The molecular formula is C21H22N2O. The van der Waals surface area contributed by atoms with Gasteiger partial charge in [0.25, 0.3) is 0 Å². The van der Waals surface area contributed by atoms with Gasteiger partial charge in [0.15, 0.2) is 0 Å². The van der Waals surface area contributed by atoms with Crippen molar-refractivity contribution < 1.29 is 4.79 Å². The van der Waals surface area contributed by atoms with E-state index in [1.807, 2.05) is 41.4 Å². The molecule has 1 fully saturated rings. The van der Waals surface area contributed by atoms with Gasteiger partial charge in [-0.15, -0.1) is 0 Å². The van der Waals surface area contributed by atoms with Crippen LogP contribution in [0, 0.1) is 5.92 Å². The van der Waals surface area contributed by atoms with Crippen LogP contribution < -0.4 is 0 Å². The molecule has 0 saturated carbocycles. The van der Waals surface area contributed by atoms with Crippen molar-refractivity contribution in [2.75, 3.05) is 13.1 Å². The molecule has 2 heterocycles. The Morgan fingerprint density at radius 2 is 1.62 bits per heavy atom. The molecule has 24 heavy (non-hydrogen) atoms. The number of aromatic nitrogens is 1. The first-order chi connectivity index (χ1) is 11.8. The van der Waals surface area contributed by atoms with Crippen molar-refractivity contribution in [3.05, 3.63) is 72.4 Å². The molecule has 0 atom stereocenters. The summed E-state index contributed by atoms with van der Waals surface area (Å²) in [6.45, 7) is 1.70. The largest absolute Gasteiger partial charge is 0.328 e. The van der Waals surface area contributed by atoms with E-state index in [1.54, 1.807) is 4.57 Å². The molecule has 3 aromatic rings. The van der Waals surface area contributed by atoms with Crippen molar-refractivity contribution >= 4 is 16.9 Å². The Labute approximate surface area is 142 Å². The fourth-order valence-electron chi connectivity index (χ4n) is 3.68. The van der Waals surface area contributed by atoms with E-state index in [4.69, 9.17) is 0 Å². The number of piperidine rings is 1. The summed E-state index contributed by atoms with van der Waals surface area (Å²) in [5.41, 5.74) is 2.40. The van der Waals surface area contributed by atoms with Gasteiger partial charge in [-0.25, -0.2) is 4.79 Å². The molecule has 1 aliphatic rings. The number of likely N-dealkylation sites (tertiary alicyclic amines) is 1. The third-order valence-electron chi connectivity index (χ3n) is 5.06. The Balaban J connectivity index is 1.41. The lowest BCUT2D eigenvalue weighted by Crippen LogP contribution is -2.41. The number of para-hydroxylation sites is 1. The van der Waals surface area contributed by atoms with Gasteiger partial charge in [0.05, 0.1) is 5.52 Å². The SMILES string of the molecule is O=C(N1CCC(Cc2ccccc2)CC1)n1ccc2ccccc21. The second-order valence-electron chi connectivity index (χ2n) is 6.65. The normalized spacial score (nSPS) is 15.8. The number of carbonyl (C=O) groups excluding carboxylic acids is 1. The zero-order chi connectivity index (χ0) is 16.4. The second-order valence-corrected chi connectivity index (χ2v) is 6.65. The highest BCUT2D eigenvalue weighted by atomic mass is 16.2. The minimum atomic E-state index is 0.106. The van der Waals surface area contributed by atoms with Crippen LogP contribution in [0.15, 0.2) is 66.9 Å². The Morgan fingerprint density at radius 3 is 2.42 bits per heavy atom. The summed E-state index contributed by atoms with van der Waals surface area (Å²) < 4.78 is 1.78. The molecule has 2 aromatic carbocycles. The van der Waals surface area contributed by atoms with Crippen LogP contribution in [0.5, 0.6) is 0 Å². The maximum absolute atomic E-state index is 12.8. The third-order valence-corrected chi connectivity index (χ3v) is 5.06. The van der Waals surface area contributed by atoms with Crippen LogP contribution in [0.1, 0.15) is 18.4 Å². The Hall–Kier alpha value is -2.55. The minimum absolute atomic E-state index is 0.106. The van der Waals surface area contributed by atoms with Crippen molar-refractivity contribution in [2.24, 2.45) is 5.92 Å². The van der Waals surface area contributed by atoms with Gasteiger partial charge in [0, 0.05) is 24.7 Å². The van der Waals surface area contributed by atoms with Crippen LogP contribution in [0.3, 0.4) is 0 Å². The molecule has 1 saturated heterocycles. The van der Waals surface area contributed by atoms with Crippen LogP contribution in [0.4, 0.5) is 4.79 Å². The summed E-state index contributed by atoms with van der Waals surface area (Å²) in [5, 5.41) is 1.12. The van der Waals surface area contributed by atoms with Crippen LogP contribution >= 0.6 is 0 Å². The molecule has 0 unspecified atom stereocenters. The van der Waals surface area contributed by atoms with E-state index in [0.717, 1.165) is 43.3 Å². The van der Waals surface area contributed by atoms with Gasteiger partial charge in [0.2, 0.25) is 0 Å². The quantitative estimate of drug-likeness (QED) is 0.680. The number of rotatable bonds is 2. The molecule has 0 bridgehead atoms. The Bertz CT molecular complexity index is 829. The summed E-state index contributed by atoms with van der Waals surface area (Å²) in [6, 6.07) is 20.8. The summed E-state index contributed by atoms with van der Waals surface area (Å²) in [7, 11) is 0. The fraction of sp³-hybridized carbons (Fsp3) is 0.286. The first-order valence-corrected chi connectivity index (χ1v) is 8.70. The van der Waals surface area contributed by atoms with Gasteiger partial charge in [-0.2, -0.15) is 0 Å². The lowest BCUT2D eigenvalue weighted by Gasteiger charge is -2.32. The average molecular weight is 318 g/mol. The van der Waals surface area contributed by atoms with Crippen LogP contribution in [0.2, 0.25) is 0 Å². The van der Waals surface area contributed by atoms with E-state index in [0.29, 0.717) is 5.92 Å². The predicted molar refractivity (Wildman–Crippen MR) is 97.2 cm³/mol. The van der Waals surface area contributed by atoms with Gasteiger partial charge in [0.1, 0.15) is 0 Å². The highest BCUT2D eigenvalue weighted by Gasteiger charge is 2.24. The van der Waals surface area contributed by atoms with Crippen molar-refractivity contribution in [2.45, 2.75) is 19.3 Å². The van der Waals surface area contributed by atoms with E-state index < -0.39 is 0 Å². The topological polar surface area (TPSA) is 25.2 Å². The molecular weight excluding hydrogens is 296 g/mol. The fourth-order valence-corrected chi connectivity index (χ4v) is 3.68. The molecule has 1 aromatic heterocycles. The summed E-state index contributed by atoms with van der Waals surface area (Å²) in [6.07, 6.45) is 5.18. The highest BCUT2D eigenvalue weighted by molar-refractivity contribution is 5.91. The molecule has 3 heteroatoms. The van der Waals surface area contributed by atoms with Gasteiger partial charge >= 0.3 is 6.03 Å². The van der Waals surface area contributed by atoms with E-state index in [-0.39, 0.29) is 6.03 Å². The number of carbonyl (C=O) groups is 1. The van der Waals surface area contributed by atoms with Crippen LogP contribution in [-0.2, 0) is 6.42 Å². The summed E-state index contributed by atoms with van der Waals surface area (Å²) >= 11 is 0. The predicted octanol–water partition coefficient (Wildman–Crippen LogP) is 4.56. The average Bonchev–Trinajstić information content (AvgIpc) is 3.07. The van der Waals surface area contributed by atoms with Crippen molar-refractivity contribution in [1.29, 1.82) is 0 Å². The molecule has 1 aliphatic heterocycles. The minimum Gasteiger partial charge on any atom is -0.324 e. The maximum Gasteiger partial charge on any atom is 0.328 e. The molecule has 4 rings (SSSR count). The number of nitrogens with zero attached hydrogens (tertiary/aromatic N) is 2. The number of benzene rings is 2. The van der Waals surface area contributed by atoms with Gasteiger partial charge < -0.3 is 4.90 Å². The van der Waals surface area contributed by atoms with Gasteiger partial charge in [-0.3, -0.25) is 4.57 Å². The van der Waals surface area contributed by atoms with E-state index in [1.165, 1.54) is 5.56 Å². The summed E-state index contributed by atoms with van der Waals surface area (Å²) in [5.74, 6) is 0.679. The van der Waals surface area contributed by atoms with Crippen molar-refractivity contribution in [3.8, 4) is 0 Å². The zero-order valence-electron chi connectivity index (χ0n) is 13.8. The Morgan fingerprint density at radius 1 is 0.917 bits per heavy atom. The standard InChI is InChI=1S/C21H22N2O/c24-21(23-15-12-19-8-4-5-9-20(19)23)22-13-10-18(11-14-22)16-17-6-2-1-3-7-17/h1-9,12,15,18H,10-11,13-14,16H2. The summed E-state index contributed by atoms with van der Waals surface area (Å²) in [4.78, 5) is 14.8. The van der Waals surface area contributed by atoms with E-state index in [9.17, 15) is 4.79 Å². The molecule has 1 amide bonds. The molecule has 0 N–H and O–H groups in total. The van der Waals surface area contributed by atoms with E-state index in [2.05, 4.69) is 30.3 Å². The first-order valence-electron chi connectivity index (χ1n) is 8.70. The van der Waals surface area contributed by atoms with E-state index >= 15 is 0 Å². The van der Waals surface area contributed by atoms with Gasteiger partial charge in [-0.1, -0.05) is 48.5 Å². The van der Waals surface area contributed by atoms with Crippen LogP contribution in [-0.4, -0.2) is 28.6 Å². The molecule has 0 spiro atoms. The number of hydrogen-bond acceptors (Lipinski definition) is 1. The Kier molecular flexibility index (Phi) is 4.08. The highest BCUT2D eigenvalue weighted by Crippen LogP contribution is 2.23. The number of amides is 1. The molecule has 3 nitrogen and oxygen atoms in total. The van der Waals surface area contributed by atoms with Crippen LogP contribution in [0.25, 0.3) is 10.9 Å².